The number of thiazole rings is 1. The number of benzene rings is 1. The van der Waals surface area contributed by atoms with E-state index in [0.29, 0.717) is 51.0 Å². The lowest BCUT2D eigenvalue weighted by Crippen LogP contribution is -2.77. The molecule has 0 amide bonds. The van der Waals surface area contributed by atoms with E-state index in [2.05, 4.69) is 34.4 Å². The van der Waals surface area contributed by atoms with Gasteiger partial charge in [0.05, 0.1) is 10.2 Å². The molecule has 1 aromatic carbocycles. The molecule has 3 heterocycles. The number of hydrogen-bond acceptors (Lipinski definition) is 11. The Hall–Kier alpha value is -4.26. The Labute approximate surface area is 340 Å². The lowest BCUT2D eigenvalue weighted by atomic mass is 9.20. The number of para-hydroxylation sites is 1. The molecule has 2 bridgehead atoms. The summed E-state index contributed by atoms with van der Waals surface area (Å²) in [6, 6.07) is 11.8. The van der Waals surface area contributed by atoms with E-state index in [1.165, 1.54) is 51.1 Å². The van der Waals surface area contributed by atoms with Crippen molar-refractivity contribution in [2.45, 2.75) is 98.8 Å². The predicted molar refractivity (Wildman–Crippen MR) is 231 cm³/mol. The first-order valence-corrected chi connectivity index (χ1v) is 21.6. The summed E-state index contributed by atoms with van der Waals surface area (Å²) in [6.07, 6.45) is 12.8. The smallest absolute Gasteiger partial charge is 0.355 e. The number of aromatic nitrogens is 2. The fourth-order valence-corrected chi connectivity index (χ4v) is 14.4. The maximum Gasteiger partial charge on any atom is 0.355 e. The standard InChI is InChI=1S/C45H60N8O3S/c1-28(38(47)52-40-50-34-12-6-7-13-35(34)57-40)31-11-8-19-53(30(31)3)36-15-14-32(37(51-36)39(55)56)33(21-46)29(2)49-27-43-22-41(4)24-44(16-9-17-48-18-10-20-54)25-42(5,23-43)45(41,44)26-43/h6-7,12-15,21,48,54H,8-11,16-20,22-27,46-47H2,1-5H3,(H,50,52)(H,55,56)/b33-21+,38-28+,49-29?. The van der Waals surface area contributed by atoms with Crippen molar-refractivity contribution in [3.05, 3.63) is 76.5 Å². The van der Waals surface area contributed by atoms with Crippen molar-refractivity contribution in [1.29, 1.82) is 0 Å². The molecule has 12 heteroatoms. The first-order valence-electron chi connectivity index (χ1n) is 20.8. The number of carboxylic acid groups (broad SMARTS) is 1. The molecule has 8 rings (SSSR count). The van der Waals surface area contributed by atoms with E-state index in [1.54, 1.807) is 11.3 Å². The molecule has 304 valence electrons. The van der Waals surface area contributed by atoms with Crippen molar-refractivity contribution >= 4 is 49.8 Å². The van der Waals surface area contributed by atoms with Crippen molar-refractivity contribution in [2.75, 3.05) is 43.0 Å². The molecule has 3 aromatic rings. The van der Waals surface area contributed by atoms with Crippen LogP contribution in [0.4, 0.5) is 10.9 Å². The number of aromatic carboxylic acids is 1. The number of nitrogens with zero attached hydrogens (tertiary/aromatic N) is 4. The van der Waals surface area contributed by atoms with Crippen molar-refractivity contribution in [3.63, 3.8) is 0 Å². The van der Waals surface area contributed by atoms with Crippen LogP contribution in [0, 0.1) is 27.1 Å². The lowest BCUT2D eigenvalue weighted by Gasteiger charge is -2.84. The minimum absolute atomic E-state index is 0.0338. The molecular formula is C45H60N8O3S. The number of rotatable bonds is 16. The first-order chi connectivity index (χ1) is 27.2. The SMILES string of the molecule is CC(=NCC12CC3(C)CC4(CCCNCCCO)CC(C)(C1)C34C2)/C(=C\N)c1ccc(N2CCCC(/C(C)=C(\N)Nc3nc4ccccc4s3)=C2C)nc1C(=O)O. The van der Waals surface area contributed by atoms with Crippen LogP contribution in [0.2, 0.25) is 0 Å². The third kappa shape index (κ3) is 6.20. The van der Waals surface area contributed by atoms with Gasteiger partial charge in [0.15, 0.2) is 10.8 Å². The summed E-state index contributed by atoms with van der Waals surface area (Å²) in [6.45, 7) is 14.7. The second-order valence-electron chi connectivity index (χ2n) is 18.4. The molecule has 4 fully saturated rings. The number of aliphatic imine (C=N–C) groups is 1. The molecule has 1 spiro atoms. The average molecular weight is 793 g/mol. The zero-order valence-corrected chi connectivity index (χ0v) is 35.1. The summed E-state index contributed by atoms with van der Waals surface area (Å²) in [7, 11) is 0. The van der Waals surface area contributed by atoms with Gasteiger partial charge in [0.2, 0.25) is 0 Å². The maximum atomic E-state index is 12.9. The van der Waals surface area contributed by atoms with Gasteiger partial charge in [0.1, 0.15) is 11.6 Å². The highest BCUT2D eigenvalue weighted by Crippen LogP contribution is 2.98. The summed E-state index contributed by atoms with van der Waals surface area (Å²) in [5.74, 6) is 0.0222. The summed E-state index contributed by atoms with van der Waals surface area (Å²) >= 11 is 1.56. The van der Waals surface area contributed by atoms with Crippen molar-refractivity contribution in [3.8, 4) is 0 Å². The van der Waals surface area contributed by atoms with Crippen LogP contribution in [0.3, 0.4) is 0 Å². The summed E-state index contributed by atoms with van der Waals surface area (Å²) in [4.78, 5) is 29.6. The molecule has 4 saturated carbocycles. The summed E-state index contributed by atoms with van der Waals surface area (Å²) in [5.41, 5.74) is 20.4. The Bertz CT molecular complexity index is 2170. The van der Waals surface area contributed by atoms with Gasteiger partial charge in [-0.25, -0.2) is 14.8 Å². The molecule has 11 nitrogen and oxygen atoms in total. The quantitative estimate of drug-likeness (QED) is 0.0615. The van der Waals surface area contributed by atoms with E-state index in [9.17, 15) is 9.90 Å². The second-order valence-corrected chi connectivity index (χ2v) is 19.5. The van der Waals surface area contributed by atoms with Gasteiger partial charge < -0.3 is 37.2 Å². The molecule has 0 radical (unpaired) electrons. The Kier molecular flexibility index (Phi) is 10.1. The minimum atomic E-state index is -1.10. The Balaban J connectivity index is 0.989. The van der Waals surface area contributed by atoms with Gasteiger partial charge in [0.25, 0.3) is 0 Å². The molecule has 4 aliphatic carbocycles. The van der Waals surface area contributed by atoms with E-state index in [0.717, 1.165) is 76.8 Å². The number of carboxylic acids is 1. The number of aliphatic hydroxyl groups is 1. The Morgan fingerprint density at radius 3 is 2.47 bits per heavy atom. The summed E-state index contributed by atoms with van der Waals surface area (Å²) in [5, 5.41) is 27.2. The van der Waals surface area contributed by atoms with Gasteiger partial charge in [-0.1, -0.05) is 37.3 Å². The van der Waals surface area contributed by atoms with Gasteiger partial charge in [0, 0.05) is 48.4 Å². The lowest BCUT2D eigenvalue weighted by molar-refractivity contribution is -0.357. The molecule has 2 atom stereocenters. The molecule has 8 N–H and O–H groups in total. The number of carbonyl (C=O) groups is 1. The van der Waals surface area contributed by atoms with Crippen LogP contribution in [-0.2, 0) is 0 Å². The van der Waals surface area contributed by atoms with Gasteiger partial charge >= 0.3 is 5.97 Å². The van der Waals surface area contributed by atoms with E-state index in [4.69, 9.17) is 26.6 Å². The topological polar surface area (TPSA) is 175 Å². The van der Waals surface area contributed by atoms with Crippen LogP contribution in [0.1, 0.15) is 115 Å². The number of hydrogen-bond donors (Lipinski definition) is 6. The maximum absolute atomic E-state index is 12.9. The highest BCUT2D eigenvalue weighted by Gasteiger charge is 2.91. The number of nitrogens with one attached hydrogen (secondary N) is 2. The molecule has 1 aliphatic heterocycles. The van der Waals surface area contributed by atoms with E-state index in [1.807, 2.05) is 57.2 Å². The number of aliphatic hydroxyl groups excluding tert-OH is 1. The van der Waals surface area contributed by atoms with E-state index in [-0.39, 0.29) is 17.7 Å². The van der Waals surface area contributed by atoms with Crippen LogP contribution in [0.5, 0.6) is 0 Å². The first kappa shape index (κ1) is 39.6. The van der Waals surface area contributed by atoms with E-state index >= 15 is 0 Å². The van der Waals surface area contributed by atoms with Crippen LogP contribution in [0.15, 0.2) is 70.3 Å². The molecule has 5 aliphatic rings. The zero-order valence-electron chi connectivity index (χ0n) is 34.3. The van der Waals surface area contributed by atoms with Crippen LogP contribution >= 0.6 is 11.3 Å². The largest absolute Gasteiger partial charge is 0.476 e. The number of nitrogens with two attached hydrogens (primary N) is 2. The monoisotopic (exact) mass is 792 g/mol. The number of anilines is 2. The molecular weight excluding hydrogens is 733 g/mol. The molecule has 57 heavy (non-hydrogen) atoms. The highest BCUT2D eigenvalue weighted by molar-refractivity contribution is 7.22. The van der Waals surface area contributed by atoms with Crippen molar-refractivity contribution in [2.24, 2.45) is 43.5 Å². The van der Waals surface area contributed by atoms with Gasteiger partial charge in [-0.05, 0) is 161 Å². The van der Waals surface area contributed by atoms with Gasteiger partial charge in [-0.2, -0.15) is 0 Å². The fourth-order valence-electron chi connectivity index (χ4n) is 13.6. The van der Waals surface area contributed by atoms with Gasteiger partial charge in [-0.15, -0.1) is 0 Å². The van der Waals surface area contributed by atoms with Crippen molar-refractivity contribution < 1.29 is 15.0 Å². The molecule has 0 saturated heterocycles. The normalized spacial score (nSPS) is 30.9. The van der Waals surface area contributed by atoms with Crippen LogP contribution < -0.4 is 27.0 Å². The van der Waals surface area contributed by atoms with E-state index < -0.39 is 5.97 Å². The Morgan fingerprint density at radius 1 is 1.04 bits per heavy atom. The van der Waals surface area contributed by atoms with Crippen molar-refractivity contribution in [1.82, 2.24) is 15.3 Å². The van der Waals surface area contributed by atoms with Crippen LogP contribution in [-0.4, -0.2) is 64.6 Å². The third-order valence-electron chi connectivity index (χ3n) is 15.0. The number of pyridine rings is 1. The van der Waals surface area contributed by atoms with Gasteiger partial charge in [-0.3, -0.25) is 4.99 Å². The number of fused-ring (bicyclic) bond motifs is 2. The second kappa shape index (κ2) is 14.5. The summed E-state index contributed by atoms with van der Waals surface area (Å²) < 4.78 is 1.09. The number of allylic oxidation sites excluding steroid dienone is 4. The minimum Gasteiger partial charge on any atom is -0.476 e. The Morgan fingerprint density at radius 2 is 1.77 bits per heavy atom. The third-order valence-corrected chi connectivity index (χ3v) is 16.0. The predicted octanol–water partition coefficient (Wildman–Crippen LogP) is 8.06. The average Bonchev–Trinajstić information content (AvgIpc) is 3.78. The highest BCUT2D eigenvalue weighted by atomic mass is 32.1. The fraction of sp³-hybridized carbons (Fsp3) is 0.556. The molecule has 2 aromatic heterocycles. The van der Waals surface area contributed by atoms with Crippen LogP contribution in [0.25, 0.3) is 15.8 Å². The molecule has 2 unspecified atom stereocenters. The zero-order chi connectivity index (χ0) is 40.4.